The summed E-state index contributed by atoms with van der Waals surface area (Å²) in [5.41, 5.74) is 4.84. The topological polar surface area (TPSA) is 89.3 Å². The van der Waals surface area contributed by atoms with Gasteiger partial charge in [0.05, 0.1) is 6.04 Å². The van der Waals surface area contributed by atoms with Crippen LogP contribution >= 0.6 is 0 Å². The number of Topliss-reactive ketones (excluding diaryl/α,β-unsaturated/α-hetero) is 1. The van der Waals surface area contributed by atoms with Crippen LogP contribution in [0.25, 0.3) is 0 Å². The van der Waals surface area contributed by atoms with Crippen molar-refractivity contribution in [2.45, 2.75) is 32.7 Å². The van der Waals surface area contributed by atoms with Crippen LogP contribution in [0, 0.1) is 5.92 Å². The Balaban J connectivity index is 4.35. The number of amides is 2. The van der Waals surface area contributed by atoms with E-state index in [0.717, 1.165) is 6.42 Å². The lowest BCUT2D eigenvalue weighted by Gasteiger charge is -2.16. The van der Waals surface area contributed by atoms with Gasteiger partial charge in [-0.1, -0.05) is 20.3 Å². The largest absolute Gasteiger partial charge is 0.363 e. The van der Waals surface area contributed by atoms with Gasteiger partial charge in [-0.2, -0.15) is 0 Å². The minimum Gasteiger partial charge on any atom is -0.363 e. The van der Waals surface area contributed by atoms with Crippen molar-refractivity contribution < 1.29 is 14.4 Å². The molecule has 2 amide bonds. The maximum absolute atomic E-state index is 11.2. The van der Waals surface area contributed by atoms with Gasteiger partial charge in [0.15, 0.2) is 0 Å². The van der Waals surface area contributed by atoms with E-state index in [4.69, 9.17) is 5.73 Å². The maximum Gasteiger partial charge on any atom is 0.287 e. The molecular weight excluding hydrogens is 184 g/mol. The molecule has 0 aromatic rings. The molecule has 5 nitrogen and oxygen atoms in total. The van der Waals surface area contributed by atoms with Crippen molar-refractivity contribution in [3.8, 4) is 0 Å². The van der Waals surface area contributed by atoms with Crippen molar-refractivity contribution >= 4 is 18.1 Å². The fourth-order valence-corrected chi connectivity index (χ4v) is 1.07. The summed E-state index contributed by atoms with van der Waals surface area (Å²) < 4.78 is 0. The molecule has 0 radical (unpaired) electrons. The first kappa shape index (κ1) is 12.6. The van der Waals surface area contributed by atoms with E-state index in [0.29, 0.717) is 12.8 Å². The zero-order chi connectivity index (χ0) is 11.1. The highest BCUT2D eigenvalue weighted by atomic mass is 16.2. The van der Waals surface area contributed by atoms with Gasteiger partial charge in [-0.3, -0.25) is 14.4 Å². The lowest BCUT2D eigenvalue weighted by Crippen LogP contribution is -2.43. The minimum atomic E-state index is -1.01. The van der Waals surface area contributed by atoms with Gasteiger partial charge in [-0.15, -0.1) is 0 Å². The average Bonchev–Trinajstić information content (AvgIpc) is 2.15. The van der Waals surface area contributed by atoms with Crippen molar-refractivity contribution in [2.75, 3.05) is 0 Å². The van der Waals surface area contributed by atoms with Crippen LogP contribution in [0.5, 0.6) is 0 Å². The zero-order valence-corrected chi connectivity index (χ0v) is 8.45. The molecule has 14 heavy (non-hydrogen) atoms. The fourth-order valence-electron chi connectivity index (χ4n) is 1.07. The van der Waals surface area contributed by atoms with Crippen molar-refractivity contribution in [3.63, 3.8) is 0 Å². The van der Waals surface area contributed by atoms with E-state index in [1.165, 1.54) is 0 Å². The van der Waals surface area contributed by atoms with Crippen molar-refractivity contribution in [2.24, 2.45) is 11.7 Å². The van der Waals surface area contributed by atoms with Crippen molar-refractivity contribution in [1.82, 2.24) is 5.32 Å². The molecule has 3 N–H and O–H groups in total. The number of ketones is 1. The van der Waals surface area contributed by atoms with E-state index in [9.17, 15) is 14.4 Å². The smallest absolute Gasteiger partial charge is 0.287 e. The molecule has 80 valence electrons. The molecular formula is C9H16N2O3. The lowest BCUT2D eigenvalue weighted by molar-refractivity contribution is -0.137. The van der Waals surface area contributed by atoms with Crippen LogP contribution in [-0.4, -0.2) is 24.1 Å². The summed E-state index contributed by atoms with van der Waals surface area (Å²) in [5, 5.41) is 2.30. The Morgan fingerprint density at radius 1 is 1.50 bits per heavy atom. The molecule has 2 atom stereocenters. The maximum atomic E-state index is 11.2. The quantitative estimate of drug-likeness (QED) is 0.432. The third-order valence-electron chi connectivity index (χ3n) is 2.16. The number of carbonyl (C=O) groups is 3. The standard InChI is InChI=1S/C9H16N2O3/c1-3-6(2)4-7(11-5-12)8(13)9(10)14/h5-7H,3-4H2,1-2H3,(H2,10,14)(H,11,12). The summed E-state index contributed by atoms with van der Waals surface area (Å²) in [6.07, 6.45) is 1.73. The Hall–Kier alpha value is -1.39. The zero-order valence-electron chi connectivity index (χ0n) is 8.45. The van der Waals surface area contributed by atoms with Gasteiger partial charge in [0.25, 0.3) is 5.91 Å². The Bertz CT molecular complexity index is 228. The molecule has 5 heteroatoms. The predicted molar refractivity (Wildman–Crippen MR) is 51.3 cm³/mol. The van der Waals surface area contributed by atoms with E-state index in [-0.39, 0.29) is 5.92 Å². The highest BCUT2D eigenvalue weighted by Crippen LogP contribution is 2.10. The highest BCUT2D eigenvalue weighted by molar-refractivity contribution is 6.37. The van der Waals surface area contributed by atoms with Crippen LogP contribution in [-0.2, 0) is 14.4 Å². The Morgan fingerprint density at radius 2 is 2.07 bits per heavy atom. The normalized spacial score (nSPS) is 14.1. The van der Waals surface area contributed by atoms with Gasteiger partial charge in [-0.25, -0.2) is 0 Å². The third kappa shape index (κ3) is 4.02. The summed E-state index contributed by atoms with van der Waals surface area (Å²) in [6.45, 7) is 3.91. The number of hydrogen-bond acceptors (Lipinski definition) is 3. The molecule has 0 rings (SSSR count). The van der Waals surface area contributed by atoms with E-state index < -0.39 is 17.7 Å². The molecule has 0 aromatic heterocycles. The van der Waals surface area contributed by atoms with E-state index in [1.54, 1.807) is 0 Å². The Labute approximate surface area is 83.0 Å². The summed E-state index contributed by atoms with van der Waals surface area (Å²) in [5.74, 6) is -1.49. The van der Waals surface area contributed by atoms with Crippen molar-refractivity contribution in [3.05, 3.63) is 0 Å². The van der Waals surface area contributed by atoms with Crippen LogP contribution in [0.3, 0.4) is 0 Å². The molecule has 0 aliphatic carbocycles. The lowest BCUT2D eigenvalue weighted by atomic mass is 9.96. The van der Waals surface area contributed by atoms with Crippen LogP contribution < -0.4 is 11.1 Å². The highest BCUT2D eigenvalue weighted by Gasteiger charge is 2.23. The van der Waals surface area contributed by atoms with Crippen LogP contribution in [0.15, 0.2) is 0 Å². The van der Waals surface area contributed by atoms with Gasteiger partial charge < -0.3 is 11.1 Å². The molecule has 0 heterocycles. The SMILES string of the molecule is CCC(C)CC(NC=O)C(=O)C(N)=O. The van der Waals surface area contributed by atoms with Crippen LogP contribution in [0.4, 0.5) is 0 Å². The molecule has 0 aromatic carbocycles. The van der Waals surface area contributed by atoms with Gasteiger partial charge in [0.2, 0.25) is 12.2 Å². The Kier molecular flexibility index (Phi) is 5.52. The molecule has 0 saturated carbocycles. The van der Waals surface area contributed by atoms with E-state index >= 15 is 0 Å². The first-order valence-corrected chi connectivity index (χ1v) is 4.56. The molecule has 0 spiro atoms. The summed E-state index contributed by atoms with van der Waals surface area (Å²) in [7, 11) is 0. The number of rotatable bonds is 7. The van der Waals surface area contributed by atoms with Crippen LogP contribution in [0.1, 0.15) is 26.7 Å². The molecule has 0 bridgehead atoms. The molecule has 0 aliphatic heterocycles. The Morgan fingerprint density at radius 3 is 2.43 bits per heavy atom. The first-order chi connectivity index (χ1) is 6.52. The molecule has 0 saturated heterocycles. The first-order valence-electron chi connectivity index (χ1n) is 4.56. The number of nitrogens with one attached hydrogen (secondary N) is 1. The summed E-state index contributed by atoms with van der Waals surface area (Å²) in [6, 6.07) is -0.778. The minimum absolute atomic E-state index is 0.260. The van der Waals surface area contributed by atoms with E-state index in [1.807, 2.05) is 13.8 Å². The van der Waals surface area contributed by atoms with E-state index in [2.05, 4.69) is 5.32 Å². The number of hydrogen-bond donors (Lipinski definition) is 2. The number of nitrogens with two attached hydrogens (primary N) is 1. The van der Waals surface area contributed by atoms with Crippen LogP contribution in [0.2, 0.25) is 0 Å². The number of carbonyl (C=O) groups excluding carboxylic acids is 3. The summed E-state index contributed by atoms with van der Waals surface area (Å²) >= 11 is 0. The van der Waals surface area contributed by atoms with Gasteiger partial charge in [-0.05, 0) is 12.3 Å². The van der Waals surface area contributed by atoms with Gasteiger partial charge in [0.1, 0.15) is 0 Å². The number of primary amides is 1. The molecule has 0 fully saturated rings. The van der Waals surface area contributed by atoms with Crippen molar-refractivity contribution in [1.29, 1.82) is 0 Å². The molecule has 0 aliphatic rings. The van der Waals surface area contributed by atoms with Gasteiger partial charge >= 0.3 is 0 Å². The second-order valence-electron chi connectivity index (χ2n) is 3.31. The predicted octanol–water partition coefficient (Wildman–Crippen LogP) is -0.408. The third-order valence-corrected chi connectivity index (χ3v) is 2.16. The molecule has 2 unspecified atom stereocenters. The average molecular weight is 200 g/mol. The summed E-state index contributed by atoms with van der Waals surface area (Å²) in [4.78, 5) is 32.0. The fraction of sp³-hybridized carbons (Fsp3) is 0.667. The second-order valence-corrected chi connectivity index (χ2v) is 3.31. The monoisotopic (exact) mass is 200 g/mol. The second kappa shape index (κ2) is 6.12. The van der Waals surface area contributed by atoms with Gasteiger partial charge in [0, 0.05) is 0 Å².